The molecule has 0 heterocycles. The summed E-state index contributed by atoms with van der Waals surface area (Å²) in [6.45, 7) is 4.50. The van der Waals surface area contributed by atoms with Gasteiger partial charge in [0.15, 0.2) is 12.2 Å². The summed E-state index contributed by atoms with van der Waals surface area (Å²) in [4.78, 5) is 72.8. The van der Waals surface area contributed by atoms with E-state index >= 15 is 0 Å². The first-order chi connectivity index (χ1) is 47.7. The summed E-state index contributed by atoms with van der Waals surface area (Å²) in [6.07, 6.45) is 76.2. The fourth-order valence-corrected chi connectivity index (χ4v) is 11.2. The van der Waals surface area contributed by atoms with Crippen LogP contribution in [0.5, 0.6) is 0 Å². The maximum absolute atomic E-state index is 13.1. The molecule has 0 saturated heterocycles. The van der Waals surface area contributed by atoms with Crippen molar-refractivity contribution in [3.8, 4) is 0 Å². The Morgan fingerprint density at radius 3 is 0.857 bits per heavy atom. The molecular weight excluding hydrogens is 1280 g/mol. The molecular formula is C79H134O17P2. The summed E-state index contributed by atoms with van der Waals surface area (Å²) in [5, 5.41) is 10.6. The molecule has 0 fully saturated rings. The molecule has 0 bridgehead atoms. The molecule has 3 N–H and O–H groups in total. The molecule has 0 rings (SSSR count). The standard InChI is InChI=1S/C79H134O17P2/c1-5-9-13-17-21-25-29-32-35-36-39-41-45-48-52-56-60-64-77(82)90-70-75(96-79(84)66-62-58-54-50-46-42-38-34-31-27-23-19-15-11-7-3)72-94-98(87,88)92-68-73(80)67-91-97(85,86)93-71-74(95-78(83)65-61-57-53-49-43-28-24-20-16-12-8-4)69-89-76(81)63-59-55-51-47-44-40-37-33-30-26-22-18-14-10-6-2/h9-10,13-14,20-27,32-35,37-39,41,73-75,80H,5-8,11-12,15-19,28-31,36,40,42-72H2,1-4H3,(H,85,86)(H,87,88)/b13-9-,14-10-,24-20-,25-21-,26-22-,27-23-,35-32-,37-33-,38-34-,41-39-. The molecule has 17 nitrogen and oxygen atoms in total. The van der Waals surface area contributed by atoms with Crippen molar-refractivity contribution in [3.05, 3.63) is 122 Å². The van der Waals surface area contributed by atoms with Crippen LogP contribution < -0.4 is 0 Å². The Hall–Kier alpha value is -4.54. The lowest BCUT2D eigenvalue weighted by Gasteiger charge is -2.21. The normalized spacial score (nSPS) is 14.6. The third kappa shape index (κ3) is 69.9. The lowest BCUT2D eigenvalue weighted by molar-refractivity contribution is -0.161. The van der Waals surface area contributed by atoms with Crippen LogP contribution in [0.3, 0.4) is 0 Å². The van der Waals surface area contributed by atoms with Gasteiger partial charge in [-0.3, -0.25) is 37.3 Å². The van der Waals surface area contributed by atoms with Gasteiger partial charge in [0, 0.05) is 25.7 Å². The Morgan fingerprint density at radius 2 is 0.541 bits per heavy atom. The number of rotatable bonds is 70. The van der Waals surface area contributed by atoms with Crippen molar-refractivity contribution < 1.29 is 80.2 Å². The predicted octanol–water partition coefficient (Wildman–Crippen LogP) is 21.6. The molecule has 0 amide bonds. The van der Waals surface area contributed by atoms with Crippen molar-refractivity contribution in [1.29, 1.82) is 0 Å². The van der Waals surface area contributed by atoms with E-state index in [1.165, 1.54) is 32.1 Å². The van der Waals surface area contributed by atoms with Gasteiger partial charge in [-0.05, 0) is 148 Å². The molecule has 5 atom stereocenters. The number of unbranched alkanes of at least 4 members (excludes halogenated alkanes) is 24. The molecule has 0 radical (unpaired) electrons. The van der Waals surface area contributed by atoms with Crippen molar-refractivity contribution in [1.82, 2.24) is 0 Å². The smallest absolute Gasteiger partial charge is 0.462 e. The minimum absolute atomic E-state index is 0.0708. The highest BCUT2D eigenvalue weighted by molar-refractivity contribution is 7.47. The van der Waals surface area contributed by atoms with Gasteiger partial charge < -0.3 is 33.8 Å². The molecule has 0 aliphatic carbocycles. The zero-order valence-electron chi connectivity index (χ0n) is 61.2. The first-order valence-electron chi connectivity index (χ1n) is 37.8. The molecule has 562 valence electrons. The van der Waals surface area contributed by atoms with Crippen molar-refractivity contribution in [2.24, 2.45) is 0 Å². The minimum atomic E-state index is -4.99. The van der Waals surface area contributed by atoms with E-state index in [1.54, 1.807) is 0 Å². The number of hydrogen-bond donors (Lipinski definition) is 3. The Bertz CT molecular complexity index is 2340. The highest BCUT2D eigenvalue weighted by atomic mass is 31.2. The van der Waals surface area contributed by atoms with Gasteiger partial charge in [0.1, 0.15) is 19.3 Å². The zero-order chi connectivity index (χ0) is 71.8. The number of carbonyl (C=O) groups is 4. The topological polar surface area (TPSA) is 237 Å². The number of esters is 4. The molecule has 0 aliphatic rings. The van der Waals surface area contributed by atoms with Gasteiger partial charge in [-0.2, -0.15) is 0 Å². The molecule has 5 unspecified atom stereocenters. The van der Waals surface area contributed by atoms with Crippen molar-refractivity contribution >= 4 is 39.5 Å². The number of allylic oxidation sites excluding steroid dienone is 20. The number of ether oxygens (including phenoxy) is 4. The van der Waals surface area contributed by atoms with Crippen LogP contribution in [0, 0.1) is 0 Å². The molecule has 0 aromatic carbocycles. The van der Waals surface area contributed by atoms with E-state index in [2.05, 4.69) is 149 Å². The summed E-state index contributed by atoms with van der Waals surface area (Å²) in [5.41, 5.74) is 0. The third-order valence-corrected chi connectivity index (χ3v) is 17.3. The van der Waals surface area contributed by atoms with Crippen molar-refractivity contribution in [2.75, 3.05) is 39.6 Å². The number of hydrogen-bond acceptors (Lipinski definition) is 15. The van der Waals surface area contributed by atoms with Crippen molar-refractivity contribution in [2.45, 2.75) is 316 Å². The second-order valence-corrected chi connectivity index (χ2v) is 27.7. The van der Waals surface area contributed by atoms with Gasteiger partial charge in [0.25, 0.3) is 0 Å². The van der Waals surface area contributed by atoms with Gasteiger partial charge in [-0.1, -0.05) is 246 Å². The lowest BCUT2D eigenvalue weighted by atomic mass is 10.1. The first-order valence-corrected chi connectivity index (χ1v) is 40.8. The molecule has 19 heteroatoms. The second-order valence-electron chi connectivity index (χ2n) is 24.8. The van der Waals surface area contributed by atoms with E-state index in [1.807, 2.05) is 0 Å². The molecule has 0 aromatic rings. The first kappa shape index (κ1) is 93.5. The highest BCUT2D eigenvalue weighted by Crippen LogP contribution is 2.45. The second kappa shape index (κ2) is 70.9. The van der Waals surface area contributed by atoms with Crippen LogP contribution in [0.25, 0.3) is 0 Å². The van der Waals surface area contributed by atoms with Crippen LogP contribution in [0.1, 0.15) is 297 Å². The van der Waals surface area contributed by atoms with E-state index in [9.17, 15) is 43.2 Å². The maximum Gasteiger partial charge on any atom is 0.472 e. The molecule has 0 aromatic heterocycles. The molecule has 0 saturated carbocycles. The number of aliphatic hydroxyl groups excluding tert-OH is 1. The minimum Gasteiger partial charge on any atom is -0.462 e. The van der Waals surface area contributed by atoms with Crippen LogP contribution >= 0.6 is 15.6 Å². The Balaban J connectivity index is 5.38. The SMILES string of the molecule is CC/C=C\C/C=C\C/C=C\C/C=C\CCCCCCC(=O)OCC(COP(=O)(O)OCC(O)COP(=O)(O)OCC(COC(=O)CCCCCCC/C=C\C/C=C\C/C=C\CC)OC(=O)CCCCCCC/C=C\CCCC)OC(=O)CCCCCCC/C=C\C/C=C\CCCCC. The number of carbonyl (C=O) groups excluding carboxylic acids is 4. The largest absolute Gasteiger partial charge is 0.472 e. The molecule has 98 heavy (non-hydrogen) atoms. The van der Waals surface area contributed by atoms with Gasteiger partial charge in [-0.25, -0.2) is 9.13 Å². The summed E-state index contributed by atoms with van der Waals surface area (Å²) < 4.78 is 68.4. The van der Waals surface area contributed by atoms with Gasteiger partial charge in [0.2, 0.25) is 0 Å². The summed E-state index contributed by atoms with van der Waals surface area (Å²) in [5.74, 6) is -2.25. The lowest BCUT2D eigenvalue weighted by Crippen LogP contribution is -2.30. The monoisotopic (exact) mass is 1420 g/mol. The fraction of sp³-hybridized carbons (Fsp3) is 0.696. The average molecular weight is 1420 g/mol. The van der Waals surface area contributed by atoms with Crippen LogP contribution in [0.2, 0.25) is 0 Å². The Kier molecular flexibility index (Phi) is 67.6. The summed E-state index contributed by atoms with van der Waals surface area (Å²) >= 11 is 0. The third-order valence-electron chi connectivity index (χ3n) is 15.4. The zero-order valence-corrected chi connectivity index (χ0v) is 63.0. The van der Waals surface area contributed by atoms with E-state index < -0.39 is 97.5 Å². The Labute approximate surface area is 593 Å². The number of phosphoric ester groups is 2. The molecule has 0 aliphatic heterocycles. The van der Waals surface area contributed by atoms with Gasteiger partial charge in [0.05, 0.1) is 26.4 Å². The van der Waals surface area contributed by atoms with Crippen molar-refractivity contribution in [3.63, 3.8) is 0 Å². The average Bonchev–Trinajstić information content (AvgIpc) is 0.986. The summed E-state index contributed by atoms with van der Waals surface area (Å²) in [7, 11) is -9.97. The quantitative estimate of drug-likeness (QED) is 0.0169. The van der Waals surface area contributed by atoms with E-state index in [0.29, 0.717) is 25.7 Å². The van der Waals surface area contributed by atoms with Gasteiger partial charge in [-0.15, -0.1) is 0 Å². The van der Waals surface area contributed by atoms with Crippen LogP contribution in [0.15, 0.2) is 122 Å². The molecule has 0 spiro atoms. The highest BCUT2D eigenvalue weighted by Gasteiger charge is 2.30. The maximum atomic E-state index is 13.1. The van der Waals surface area contributed by atoms with E-state index in [0.717, 1.165) is 186 Å². The Morgan fingerprint density at radius 1 is 0.296 bits per heavy atom. The summed E-state index contributed by atoms with van der Waals surface area (Å²) in [6, 6.07) is 0. The number of phosphoric acid groups is 2. The fourth-order valence-electron chi connectivity index (χ4n) is 9.65. The number of aliphatic hydroxyl groups is 1. The van der Waals surface area contributed by atoms with Crippen LogP contribution in [-0.2, 0) is 65.4 Å². The van der Waals surface area contributed by atoms with Crippen LogP contribution in [0.4, 0.5) is 0 Å². The predicted molar refractivity (Wildman–Crippen MR) is 399 cm³/mol. The van der Waals surface area contributed by atoms with Gasteiger partial charge >= 0.3 is 39.5 Å². The van der Waals surface area contributed by atoms with E-state index in [4.69, 9.17) is 37.0 Å². The van der Waals surface area contributed by atoms with Crippen LogP contribution in [-0.4, -0.2) is 96.7 Å². The van der Waals surface area contributed by atoms with E-state index in [-0.39, 0.29) is 25.7 Å².